The van der Waals surface area contributed by atoms with Crippen LogP contribution in [0.2, 0.25) is 0 Å². The van der Waals surface area contributed by atoms with Crippen molar-refractivity contribution in [3.05, 3.63) is 0 Å². The highest BCUT2D eigenvalue weighted by Gasteiger charge is 2.25. The Bertz CT molecular complexity index is 102. The van der Waals surface area contributed by atoms with Crippen LogP contribution in [0.25, 0.3) is 0 Å². The number of piperidine rings is 1. The molecule has 0 aliphatic carbocycles. The van der Waals surface area contributed by atoms with Gasteiger partial charge in [-0.1, -0.05) is 13.8 Å². The molecule has 0 aromatic rings. The van der Waals surface area contributed by atoms with Gasteiger partial charge in [0.15, 0.2) is 0 Å². The fourth-order valence-electron chi connectivity index (χ4n) is 1.47. The van der Waals surface area contributed by atoms with Crippen LogP contribution in [-0.2, 0) is 0 Å². The van der Waals surface area contributed by atoms with Crippen LogP contribution >= 0.6 is 0 Å². The summed E-state index contributed by atoms with van der Waals surface area (Å²) in [6, 6.07) is 0. The Kier molecular flexibility index (Phi) is 4.69. The molecule has 0 saturated carbocycles. The van der Waals surface area contributed by atoms with E-state index in [1.807, 2.05) is 27.8 Å². The van der Waals surface area contributed by atoms with E-state index in [0.717, 1.165) is 25.9 Å². The Labute approximate surface area is 70.2 Å². The maximum Gasteiger partial charge on any atom is 0.0746 e. The minimum Gasteiger partial charge on any atom is -0.389 e. The number of hydrogen-bond donors (Lipinski definition) is 1. The molecule has 0 bridgehead atoms. The van der Waals surface area contributed by atoms with Crippen LogP contribution in [0.4, 0.5) is 0 Å². The van der Waals surface area contributed by atoms with Gasteiger partial charge in [-0.05, 0) is 33.4 Å². The van der Waals surface area contributed by atoms with Gasteiger partial charge in [-0.15, -0.1) is 0 Å². The summed E-state index contributed by atoms with van der Waals surface area (Å²) in [5.41, 5.74) is -0.424. The molecular formula is C9H21NO. The molecule has 1 fully saturated rings. The summed E-state index contributed by atoms with van der Waals surface area (Å²) in [6.07, 6.45) is 2.08. The second-order valence-corrected chi connectivity index (χ2v) is 3.34. The molecule has 1 saturated heterocycles. The zero-order chi connectivity index (χ0) is 8.91. The standard InChI is InChI=1S/C7H15NO.C2H6/c1-7(9)4-3-5-8(2)6-7;1-2/h9H,3-6H2,1-2H3;1-2H3. The fourth-order valence-corrected chi connectivity index (χ4v) is 1.47. The van der Waals surface area contributed by atoms with Gasteiger partial charge in [-0.2, -0.15) is 0 Å². The van der Waals surface area contributed by atoms with Crippen molar-refractivity contribution in [1.82, 2.24) is 4.90 Å². The molecule has 2 nitrogen and oxygen atoms in total. The quantitative estimate of drug-likeness (QED) is 0.579. The maximum atomic E-state index is 9.50. The highest BCUT2D eigenvalue weighted by Crippen LogP contribution is 2.18. The van der Waals surface area contributed by atoms with E-state index >= 15 is 0 Å². The fraction of sp³-hybridized carbons (Fsp3) is 1.00. The molecule has 0 spiro atoms. The predicted octanol–water partition coefficient (Wildman–Crippen LogP) is 1.49. The molecule has 1 N–H and O–H groups in total. The van der Waals surface area contributed by atoms with E-state index in [1.165, 1.54) is 0 Å². The third kappa shape index (κ3) is 4.38. The van der Waals surface area contributed by atoms with Crippen molar-refractivity contribution >= 4 is 0 Å². The number of hydrogen-bond acceptors (Lipinski definition) is 2. The van der Waals surface area contributed by atoms with Crippen molar-refractivity contribution in [3.63, 3.8) is 0 Å². The summed E-state index contributed by atoms with van der Waals surface area (Å²) in [5.74, 6) is 0. The van der Waals surface area contributed by atoms with E-state index in [-0.39, 0.29) is 0 Å². The van der Waals surface area contributed by atoms with Gasteiger partial charge in [0.2, 0.25) is 0 Å². The van der Waals surface area contributed by atoms with Crippen LogP contribution in [0.3, 0.4) is 0 Å². The van der Waals surface area contributed by atoms with Crippen LogP contribution in [0.5, 0.6) is 0 Å². The van der Waals surface area contributed by atoms with Gasteiger partial charge in [0.25, 0.3) is 0 Å². The molecule has 0 radical (unpaired) electrons. The average molecular weight is 159 g/mol. The van der Waals surface area contributed by atoms with Gasteiger partial charge in [-0.3, -0.25) is 0 Å². The zero-order valence-electron chi connectivity index (χ0n) is 8.22. The highest BCUT2D eigenvalue weighted by molar-refractivity contribution is 4.80. The van der Waals surface area contributed by atoms with Crippen molar-refractivity contribution in [1.29, 1.82) is 0 Å². The average Bonchev–Trinajstić information content (AvgIpc) is 1.89. The smallest absolute Gasteiger partial charge is 0.0746 e. The summed E-state index contributed by atoms with van der Waals surface area (Å²) in [4.78, 5) is 2.17. The molecule has 1 aliphatic heterocycles. The Morgan fingerprint density at radius 1 is 1.36 bits per heavy atom. The first-order valence-electron chi connectivity index (χ1n) is 4.51. The molecule has 2 heteroatoms. The summed E-state index contributed by atoms with van der Waals surface area (Å²) >= 11 is 0. The molecule has 0 amide bonds. The van der Waals surface area contributed by atoms with Gasteiger partial charge in [0.05, 0.1) is 5.60 Å². The van der Waals surface area contributed by atoms with Gasteiger partial charge < -0.3 is 10.0 Å². The molecule has 1 aliphatic rings. The molecule has 0 aromatic heterocycles. The van der Waals surface area contributed by atoms with Crippen LogP contribution in [0.1, 0.15) is 33.6 Å². The van der Waals surface area contributed by atoms with Crippen molar-refractivity contribution in [2.24, 2.45) is 0 Å². The van der Waals surface area contributed by atoms with Gasteiger partial charge in [0.1, 0.15) is 0 Å². The van der Waals surface area contributed by atoms with E-state index in [9.17, 15) is 5.11 Å². The molecule has 0 aromatic carbocycles. The van der Waals surface area contributed by atoms with Gasteiger partial charge in [0, 0.05) is 6.54 Å². The lowest BCUT2D eigenvalue weighted by Crippen LogP contribution is -2.43. The predicted molar refractivity (Wildman–Crippen MR) is 48.7 cm³/mol. The number of rotatable bonds is 0. The molecule has 1 heterocycles. The largest absolute Gasteiger partial charge is 0.389 e. The second-order valence-electron chi connectivity index (χ2n) is 3.34. The number of likely N-dealkylation sites (tertiary alicyclic amines) is 1. The second kappa shape index (κ2) is 4.73. The lowest BCUT2D eigenvalue weighted by molar-refractivity contribution is -0.00684. The summed E-state index contributed by atoms with van der Waals surface area (Å²) in [7, 11) is 2.05. The van der Waals surface area contributed by atoms with Crippen molar-refractivity contribution < 1.29 is 5.11 Å². The van der Waals surface area contributed by atoms with Crippen molar-refractivity contribution in [2.45, 2.75) is 39.2 Å². The summed E-state index contributed by atoms with van der Waals surface area (Å²) in [6.45, 7) is 7.87. The lowest BCUT2D eigenvalue weighted by Gasteiger charge is -2.34. The first-order chi connectivity index (χ1) is 5.10. The SMILES string of the molecule is CC.CN1CCCC(C)(O)C1. The van der Waals surface area contributed by atoms with Crippen molar-refractivity contribution in [2.75, 3.05) is 20.1 Å². The first kappa shape index (κ1) is 10.9. The summed E-state index contributed by atoms with van der Waals surface area (Å²) in [5, 5.41) is 9.50. The number of aliphatic hydroxyl groups is 1. The molecule has 1 rings (SSSR count). The minimum absolute atomic E-state index is 0.424. The third-order valence-corrected chi connectivity index (χ3v) is 1.87. The lowest BCUT2D eigenvalue weighted by atomic mass is 9.96. The van der Waals surface area contributed by atoms with E-state index in [4.69, 9.17) is 0 Å². The van der Waals surface area contributed by atoms with Gasteiger partial charge >= 0.3 is 0 Å². The van der Waals surface area contributed by atoms with E-state index in [2.05, 4.69) is 4.90 Å². The molecular weight excluding hydrogens is 138 g/mol. The Morgan fingerprint density at radius 2 is 1.91 bits per heavy atom. The van der Waals surface area contributed by atoms with E-state index < -0.39 is 5.60 Å². The number of β-amino-alcohol motifs (C(OH)–C–C–N with tert-alkyl or cyclic N) is 1. The van der Waals surface area contributed by atoms with Crippen LogP contribution in [-0.4, -0.2) is 35.7 Å². The molecule has 1 atom stereocenters. The molecule has 68 valence electrons. The van der Waals surface area contributed by atoms with Crippen LogP contribution < -0.4 is 0 Å². The normalized spacial score (nSPS) is 32.5. The van der Waals surface area contributed by atoms with E-state index in [0.29, 0.717) is 0 Å². The highest BCUT2D eigenvalue weighted by atomic mass is 16.3. The summed E-state index contributed by atoms with van der Waals surface area (Å²) < 4.78 is 0. The molecule has 1 unspecified atom stereocenters. The Balaban J connectivity index is 0.000000461. The van der Waals surface area contributed by atoms with Gasteiger partial charge in [-0.25, -0.2) is 0 Å². The topological polar surface area (TPSA) is 23.5 Å². The first-order valence-corrected chi connectivity index (χ1v) is 4.51. The monoisotopic (exact) mass is 159 g/mol. The maximum absolute atomic E-state index is 9.50. The molecule has 11 heavy (non-hydrogen) atoms. The van der Waals surface area contributed by atoms with E-state index in [1.54, 1.807) is 0 Å². The number of nitrogens with zero attached hydrogens (tertiary/aromatic N) is 1. The van der Waals surface area contributed by atoms with Crippen molar-refractivity contribution in [3.8, 4) is 0 Å². The minimum atomic E-state index is -0.424. The van der Waals surface area contributed by atoms with Crippen LogP contribution in [0, 0.1) is 0 Å². The third-order valence-electron chi connectivity index (χ3n) is 1.87. The number of likely N-dealkylation sites (N-methyl/N-ethyl adjacent to an activating group) is 1. The van der Waals surface area contributed by atoms with Crippen LogP contribution in [0.15, 0.2) is 0 Å². The Hall–Kier alpha value is -0.0800. The zero-order valence-corrected chi connectivity index (χ0v) is 8.22. The Morgan fingerprint density at radius 3 is 2.18 bits per heavy atom.